The van der Waals surface area contributed by atoms with Crippen molar-refractivity contribution in [2.45, 2.75) is 32.2 Å². The van der Waals surface area contributed by atoms with Crippen molar-refractivity contribution >= 4 is 12.1 Å². The van der Waals surface area contributed by atoms with Gasteiger partial charge in [0, 0.05) is 5.92 Å². The zero-order valence-corrected chi connectivity index (χ0v) is 17.6. The van der Waals surface area contributed by atoms with Gasteiger partial charge in [-0.25, -0.2) is 4.79 Å². The van der Waals surface area contributed by atoms with Gasteiger partial charge in [-0.3, -0.25) is 0 Å². The van der Waals surface area contributed by atoms with E-state index in [2.05, 4.69) is 17.4 Å². The summed E-state index contributed by atoms with van der Waals surface area (Å²) in [4.78, 5) is 24.1. The maximum absolute atomic E-state index is 12.4. The minimum Gasteiger partial charge on any atom is -0.548 e. The van der Waals surface area contributed by atoms with Crippen LogP contribution in [0.15, 0.2) is 66.7 Å². The minimum atomic E-state index is -1.34. The number of fused-ring (bicyclic) bond motifs is 3. The Morgan fingerprint density at radius 1 is 0.968 bits per heavy atom. The second kappa shape index (κ2) is 8.64. The van der Waals surface area contributed by atoms with E-state index >= 15 is 0 Å². The molecule has 0 fully saturated rings. The number of alkyl carbamates (subject to hydrolysis) is 1. The molecular formula is C26H24NO4-. The third kappa shape index (κ3) is 4.31. The van der Waals surface area contributed by atoms with Crippen LogP contribution < -0.4 is 10.4 Å². The molecule has 0 saturated carbocycles. The van der Waals surface area contributed by atoms with Gasteiger partial charge < -0.3 is 20.0 Å². The molecule has 1 N–H and O–H groups in total. The molecule has 4 rings (SSSR count). The molecule has 3 aromatic rings. The lowest BCUT2D eigenvalue weighted by Gasteiger charge is -2.21. The molecule has 1 aliphatic rings. The van der Waals surface area contributed by atoms with Crippen molar-refractivity contribution in [3.05, 3.63) is 94.5 Å². The highest BCUT2D eigenvalue weighted by molar-refractivity contribution is 5.80. The quantitative estimate of drug-likeness (QED) is 0.670. The Labute approximate surface area is 181 Å². The number of benzene rings is 3. The van der Waals surface area contributed by atoms with E-state index in [1.165, 1.54) is 0 Å². The first-order chi connectivity index (χ1) is 14.9. The molecule has 0 radical (unpaired) electrons. The average molecular weight is 414 g/mol. The van der Waals surface area contributed by atoms with E-state index in [1.807, 2.05) is 68.4 Å². The molecule has 158 valence electrons. The van der Waals surface area contributed by atoms with Gasteiger partial charge in [0.2, 0.25) is 0 Å². The minimum absolute atomic E-state index is 0.0844. The molecule has 0 aromatic heterocycles. The fourth-order valence-electron chi connectivity index (χ4n) is 4.27. The van der Waals surface area contributed by atoms with Crippen molar-refractivity contribution in [3.8, 4) is 11.1 Å². The van der Waals surface area contributed by atoms with Crippen molar-refractivity contribution in [2.75, 3.05) is 6.61 Å². The van der Waals surface area contributed by atoms with Crippen LogP contribution in [-0.4, -0.2) is 24.7 Å². The SMILES string of the molecule is Cc1ccc(C[C@@H](NC(=O)OCC2c3ccccc3-c3ccccc32)C(=O)[O-])c(C)c1. The molecule has 1 aliphatic carbocycles. The zero-order valence-electron chi connectivity index (χ0n) is 17.6. The molecule has 5 heteroatoms. The van der Waals surface area contributed by atoms with Gasteiger partial charge in [0.15, 0.2) is 0 Å². The van der Waals surface area contributed by atoms with Gasteiger partial charge in [-0.05, 0) is 53.6 Å². The van der Waals surface area contributed by atoms with E-state index in [0.717, 1.165) is 38.9 Å². The maximum atomic E-state index is 12.4. The third-order valence-corrected chi connectivity index (χ3v) is 5.84. The number of carboxylic acids is 1. The monoisotopic (exact) mass is 414 g/mol. The number of hydrogen-bond donors (Lipinski definition) is 1. The van der Waals surface area contributed by atoms with Crippen molar-refractivity contribution < 1.29 is 19.4 Å². The number of amides is 1. The molecule has 0 unspecified atom stereocenters. The summed E-state index contributed by atoms with van der Waals surface area (Å²) in [5.74, 6) is -1.42. The van der Waals surface area contributed by atoms with Crippen LogP contribution in [0, 0.1) is 13.8 Å². The molecule has 0 bridgehead atoms. The van der Waals surface area contributed by atoms with Crippen LogP contribution >= 0.6 is 0 Å². The average Bonchev–Trinajstić information content (AvgIpc) is 3.07. The van der Waals surface area contributed by atoms with E-state index in [0.29, 0.717) is 0 Å². The van der Waals surface area contributed by atoms with Gasteiger partial charge in [0.05, 0.1) is 12.0 Å². The second-order valence-electron chi connectivity index (χ2n) is 7.98. The molecule has 1 atom stereocenters. The highest BCUT2D eigenvalue weighted by Gasteiger charge is 2.29. The number of hydrogen-bond acceptors (Lipinski definition) is 4. The number of aryl methyl sites for hydroxylation is 2. The van der Waals surface area contributed by atoms with E-state index in [-0.39, 0.29) is 18.9 Å². The molecule has 3 aromatic carbocycles. The number of nitrogens with one attached hydrogen (secondary N) is 1. The van der Waals surface area contributed by atoms with Gasteiger partial charge in [-0.2, -0.15) is 0 Å². The highest BCUT2D eigenvalue weighted by atomic mass is 16.5. The molecule has 1 amide bonds. The van der Waals surface area contributed by atoms with Crippen LogP contribution in [0.5, 0.6) is 0 Å². The fourth-order valence-corrected chi connectivity index (χ4v) is 4.27. The summed E-state index contributed by atoms with van der Waals surface area (Å²) < 4.78 is 5.47. The standard InChI is InChI=1S/C26H25NO4/c1-16-11-12-18(17(2)13-16)14-24(25(28)29)27-26(30)31-15-23-21-9-5-3-7-19(21)20-8-4-6-10-22(20)23/h3-13,23-24H,14-15H2,1-2H3,(H,27,30)(H,28,29)/p-1/t24-/m1/s1. The summed E-state index contributed by atoms with van der Waals surface area (Å²) >= 11 is 0. The van der Waals surface area contributed by atoms with Gasteiger partial charge in [0.1, 0.15) is 6.61 Å². The summed E-state index contributed by atoms with van der Waals surface area (Å²) in [7, 11) is 0. The Morgan fingerprint density at radius 2 is 1.58 bits per heavy atom. The summed E-state index contributed by atoms with van der Waals surface area (Å²) in [6.45, 7) is 4.02. The van der Waals surface area contributed by atoms with Crippen LogP contribution in [0.25, 0.3) is 11.1 Å². The Morgan fingerprint density at radius 3 is 2.16 bits per heavy atom. The number of aliphatic carboxylic acids is 1. The normalized spacial score (nSPS) is 13.2. The largest absolute Gasteiger partial charge is 0.548 e. The van der Waals surface area contributed by atoms with Crippen molar-refractivity contribution in [1.82, 2.24) is 5.32 Å². The van der Waals surface area contributed by atoms with Crippen molar-refractivity contribution in [2.24, 2.45) is 0 Å². The van der Waals surface area contributed by atoms with Crippen LogP contribution in [0.3, 0.4) is 0 Å². The van der Waals surface area contributed by atoms with Crippen molar-refractivity contribution in [3.63, 3.8) is 0 Å². The van der Waals surface area contributed by atoms with Crippen LogP contribution in [0.1, 0.15) is 33.7 Å². The Balaban J connectivity index is 1.44. The first-order valence-corrected chi connectivity index (χ1v) is 10.3. The Hall–Kier alpha value is -3.60. The lowest BCUT2D eigenvalue weighted by Crippen LogP contribution is -2.49. The molecule has 31 heavy (non-hydrogen) atoms. The lowest BCUT2D eigenvalue weighted by atomic mass is 9.98. The summed E-state index contributed by atoms with van der Waals surface area (Å²) in [5.41, 5.74) is 7.38. The molecular weight excluding hydrogens is 390 g/mol. The number of carbonyl (C=O) groups is 2. The molecule has 5 nitrogen and oxygen atoms in total. The Bertz CT molecular complexity index is 1090. The predicted molar refractivity (Wildman–Crippen MR) is 117 cm³/mol. The van der Waals surface area contributed by atoms with Crippen LogP contribution in [-0.2, 0) is 16.0 Å². The molecule has 0 aliphatic heterocycles. The molecule has 0 heterocycles. The fraction of sp³-hybridized carbons (Fsp3) is 0.231. The summed E-state index contributed by atoms with van der Waals surface area (Å²) in [5, 5.41) is 14.1. The summed E-state index contributed by atoms with van der Waals surface area (Å²) in [6.07, 6.45) is -0.626. The summed E-state index contributed by atoms with van der Waals surface area (Å²) in [6, 6.07) is 20.7. The molecule has 0 spiro atoms. The van der Waals surface area contributed by atoms with E-state index in [1.54, 1.807) is 0 Å². The van der Waals surface area contributed by atoms with Gasteiger partial charge in [0.25, 0.3) is 0 Å². The number of carboxylic acid groups (broad SMARTS) is 1. The predicted octanol–water partition coefficient (Wildman–Crippen LogP) is 3.50. The third-order valence-electron chi connectivity index (χ3n) is 5.84. The Kier molecular flexibility index (Phi) is 5.76. The topological polar surface area (TPSA) is 78.5 Å². The maximum Gasteiger partial charge on any atom is 0.407 e. The molecule has 0 saturated heterocycles. The van der Waals surface area contributed by atoms with Gasteiger partial charge >= 0.3 is 6.09 Å². The number of ether oxygens (including phenoxy) is 1. The van der Waals surface area contributed by atoms with Gasteiger partial charge in [-0.1, -0.05) is 72.3 Å². The van der Waals surface area contributed by atoms with Crippen LogP contribution in [0.4, 0.5) is 4.79 Å². The second-order valence-corrected chi connectivity index (χ2v) is 7.98. The van der Waals surface area contributed by atoms with Crippen LogP contribution in [0.2, 0.25) is 0 Å². The van der Waals surface area contributed by atoms with E-state index in [9.17, 15) is 14.7 Å². The number of rotatable bonds is 6. The van der Waals surface area contributed by atoms with E-state index in [4.69, 9.17) is 4.74 Å². The number of carbonyl (C=O) groups excluding carboxylic acids is 2. The van der Waals surface area contributed by atoms with E-state index < -0.39 is 18.1 Å². The zero-order chi connectivity index (χ0) is 22.0. The highest BCUT2D eigenvalue weighted by Crippen LogP contribution is 2.44. The van der Waals surface area contributed by atoms with Gasteiger partial charge in [-0.15, -0.1) is 0 Å². The smallest absolute Gasteiger partial charge is 0.407 e. The first kappa shape index (κ1) is 20.7. The van der Waals surface area contributed by atoms with Crippen molar-refractivity contribution in [1.29, 1.82) is 0 Å². The lowest BCUT2D eigenvalue weighted by molar-refractivity contribution is -0.308. The first-order valence-electron chi connectivity index (χ1n) is 10.3.